The number of ether oxygens (including phenoxy) is 1. The van der Waals surface area contributed by atoms with Gasteiger partial charge in [0.15, 0.2) is 0 Å². The number of likely N-dealkylation sites (N-methyl/N-ethyl adjacent to an activating group) is 1. The summed E-state index contributed by atoms with van der Waals surface area (Å²) in [7, 11) is 1.93. The molecule has 0 aliphatic heterocycles. The first kappa shape index (κ1) is 13.9. The highest BCUT2D eigenvalue weighted by Gasteiger charge is 2.24. The largest absolute Gasteiger partial charge is 0.383 e. The molecule has 2 atom stereocenters. The molecule has 0 spiro atoms. The van der Waals surface area contributed by atoms with Crippen molar-refractivity contribution in [2.24, 2.45) is 0 Å². The lowest BCUT2D eigenvalue weighted by Gasteiger charge is -2.28. The molecule has 2 unspecified atom stereocenters. The lowest BCUT2D eigenvalue weighted by molar-refractivity contribution is 0.0333. The summed E-state index contributed by atoms with van der Waals surface area (Å²) in [6.45, 7) is 6.88. The molecule has 17 heavy (non-hydrogen) atoms. The van der Waals surface area contributed by atoms with Gasteiger partial charge < -0.3 is 15.8 Å². The van der Waals surface area contributed by atoms with Gasteiger partial charge in [0.2, 0.25) is 0 Å². The minimum absolute atomic E-state index is 0.0913. The van der Waals surface area contributed by atoms with Crippen LogP contribution in [0.1, 0.15) is 37.4 Å². The normalized spacial score (nSPS) is 14.6. The Morgan fingerprint density at radius 3 is 2.65 bits per heavy atom. The highest BCUT2D eigenvalue weighted by atomic mass is 16.5. The van der Waals surface area contributed by atoms with Crippen LogP contribution in [0.15, 0.2) is 12.3 Å². The van der Waals surface area contributed by atoms with E-state index >= 15 is 0 Å². The predicted molar refractivity (Wildman–Crippen MR) is 70.9 cm³/mol. The van der Waals surface area contributed by atoms with Crippen molar-refractivity contribution in [3.63, 3.8) is 0 Å². The third-order valence-corrected chi connectivity index (χ3v) is 3.02. The van der Waals surface area contributed by atoms with Crippen LogP contribution in [0.25, 0.3) is 0 Å². The van der Waals surface area contributed by atoms with E-state index in [0.29, 0.717) is 12.4 Å². The molecule has 96 valence electrons. The van der Waals surface area contributed by atoms with Gasteiger partial charge in [-0.2, -0.15) is 0 Å². The molecule has 0 aromatic carbocycles. The molecule has 3 N–H and O–H groups in total. The van der Waals surface area contributed by atoms with E-state index in [2.05, 4.69) is 24.1 Å². The van der Waals surface area contributed by atoms with Crippen LogP contribution in [0.2, 0.25) is 0 Å². The van der Waals surface area contributed by atoms with E-state index in [4.69, 9.17) is 10.5 Å². The molecular formula is C13H23N3O. The minimum Gasteiger partial charge on any atom is -0.383 e. The van der Waals surface area contributed by atoms with Gasteiger partial charge in [-0.05, 0) is 38.9 Å². The zero-order valence-electron chi connectivity index (χ0n) is 11.2. The van der Waals surface area contributed by atoms with Crippen LogP contribution in [0.3, 0.4) is 0 Å². The van der Waals surface area contributed by atoms with Crippen LogP contribution in [0.5, 0.6) is 0 Å². The molecule has 4 heteroatoms. The molecule has 0 amide bonds. The summed E-state index contributed by atoms with van der Waals surface area (Å²) in [5.41, 5.74) is 8.18. The molecule has 0 aliphatic rings. The van der Waals surface area contributed by atoms with E-state index in [1.165, 1.54) is 0 Å². The summed E-state index contributed by atoms with van der Waals surface area (Å²) in [5, 5.41) is 3.29. The van der Waals surface area contributed by atoms with Crippen molar-refractivity contribution in [2.75, 3.05) is 19.4 Å². The van der Waals surface area contributed by atoms with Gasteiger partial charge in [-0.15, -0.1) is 0 Å². The Kier molecular flexibility index (Phi) is 5.38. The van der Waals surface area contributed by atoms with Gasteiger partial charge in [0.05, 0.1) is 12.1 Å². The van der Waals surface area contributed by atoms with Gasteiger partial charge in [-0.25, -0.2) is 4.98 Å². The second-order valence-electron chi connectivity index (χ2n) is 4.10. The molecule has 0 bridgehead atoms. The average Bonchev–Trinajstić information content (AvgIpc) is 2.32. The molecule has 0 saturated heterocycles. The van der Waals surface area contributed by atoms with Crippen LogP contribution in [-0.2, 0) is 4.74 Å². The fraction of sp³-hybridized carbons (Fsp3) is 0.615. The van der Waals surface area contributed by atoms with Crippen molar-refractivity contribution in [3.8, 4) is 0 Å². The molecule has 1 heterocycles. The number of rotatable bonds is 6. The van der Waals surface area contributed by atoms with Crippen molar-refractivity contribution in [2.45, 2.75) is 39.3 Å². The number of hydrogen-bond donors (Lipinski definition) is 2. The molecule has 1 rings (SSSR count). The first-order valence-corrected chi connectivity index (χ1v) is 6.15. The number of nitrogens with two attached hydrogens (primary N) is 1. The maximum atomic E-state index is 5.98. The standard InChI is InChI=1S/C13H23N3O/c1-5-10(17-6-2)12(15-4)11-9(3)7-8-16-13(11)14/h7-8,10,12,15H,5-6H2,1-4H3,(H2,14,16). The van der Waals surface area contributed by atoms with Crippen molar-refractivity contribution in [3.05, 3.63) is 23.4 Å². The quantitative estimate of drug-likeness (QED) is 0.795. The van der Waals surface area contributed by atoms with Gasteiger partial charge in [-0.3, -0.25) is 0 Å². The summed E-state index contributed by atoms with van der Waals surface area (Å²) < 4.78 is 5.76. The summed E-state index contributed by atoms with van der Waals surface area (Å²) in [5.74, 6) is 0.586. The minimum atomic E-state index is 0.0913. The first-order chi connectivity index (χ1) is 8.15. The fourth-order valence-corrected chi connectivity index (χ4v) is 2.18. The van der Waals surface area contributed by atoms with Crippen LogP contribution in [0, 0.1) is 6.92 Å². The lowest BCUT2D eigenvalue weighted by Crippen LogP contribution is -2.32. The molecule has 1 aromatic heterocycles. The Labute approximate surface area is 104 Å². The Hall–Kier alpha value is -1.13. The average molecular weight is 237 g/mol. The summed E-state index contributed by atoms with van der Waals surface area (Å²) in [4.78, 5) is 4.17. The van der Waals surface area contributed by atoms with Crippen LogP contribution in [-0.4, -0.2) is 24.7 Å². The van der Waals surface area contributed by atoms with E-state index in [-0.39, 0.29) is 12.1 Å². The second-order valence-corrected chi connectivity index (χ2v) is 4.10. The van der Waals surface area contributed by atoms with Crippen molar-refractivity contribution in [1.82, 2.24) is 10.3 Å². The van der Waals surface area contributed by atoms with Gasteiger partial charge in [0.25, 0.3) is 0 Å². The number of aromatic nitrogens is 1. The zero-order chi connectivity index (χ0) is 12.8. The summed E-state index contributed by atoms with van der Waals surface area (Å²) in [6, 6.07) is 2.07. The Morgan fingerprint density at radius 2 is 2.18 bits per heavy atom. The fourth-order valence-electron chi connectivity index (χ4n) is 2.18. The van der Waals surface area contributed by atoms with E-state index < -0.39 is 0 Å². The molecule has 0 radical (unpaired) electrons. The van der Waals surface area contributed by atoms with Gasteiger partial charge in [-0.1, -0.05) is 6.92 Å². The molecule has 0 saturated carbocycles. The van der Waals surface area contributed by atoms with Gasteiger partial charge in [0.1, 0.15) is 5.82 Å². The summed E-state index contributed by atoms with van der Waals surface area (Å²) >= 11 is 0. The topological polar surface area (TPSA) is 60.2 Å². The smallest absolute Gasteiger partial charge is 0.128 e. The van der Waals surface area contributed by atoms with Crippen molar-refractivity contribution < 1.29 is 4.74 Å². The predicted octanol–water partition coefficient (Wildman–Crippen LogP) is 2.05. The lowest BCUT2D eigenvalue weighted by atomic mass is 9.96. The van der Waals surface area contributed by atoms with Crippen LogP contribution >= 0.6 is 0 Å². The monoisotopic (exact) mass is 237 g/mol. The number of nitrogens with zero attached hydrogens (tertiary/aromatic N) is 1. The van der Waals surface area contributed by atoms with Crippen molar-refractivity contribution >= 4 is 5.82 Å². The number of aryl methyl sites for hydroxylation is 1. The highest BCUT2D eigenvalue weighted by molar-refractivity contribution is 5.46. The number of nitrogens with one attached hydrogen (secondary N) is 1. The maximum Gasteiger partial charge on any atom is 0.128 e. The number of pyridine rings is 1. The van der Waals surface area contributed by atoms with Crippen molar-refractivity contribution in [1.29, 1.82) is 0 Å². The molecule has 4 nitrogen and oxygen atoms in total. The Bertz CT molecular complexity index is 334. The second kappa shape index (κ2) is 6.57. The van der Waals surface area contributed by atoms with E-state index in [9.17, 15) is 0 Å². The molecule has 1 aromatic rings. The van der Waals surface area contributed by atoms with Gasteiger partial charge >= 0.3 is 0 Å². The molecule has 0 aliphatic carbocycles. The Balaban J connectivity index is 3.07. The third-order valence-electron chi connectivity index (χ3n) is 3.02. The molecule has 0 fully saturated rings. The first-order valence-electron chi connectivity index (χ1n) is 6.15. The van der Waals surface area contributed by atoms with E-state index in [1.54, 1.807) is 6.20 Å². The van der Waals surface area contributed by atoms with Gasteiger partial charge in [0, 0.05) is 18.4 Å². The Morgan fingerprint density at radius 1 is 1.47 bits per heavy atom. The third kappa shape index (κ3) is 3.17. The number of anilines is 1. The highest BCUT2D eigenvalue weighted by Crippen LogP contribution is 2.27. The van der Waals surface area contributed by atoms with E-state index in [1.807, 2.05) is 20.0 Å². The number of hydrogen-bond acceptors (Lipinski definition) is 4. The molecular weight excluding hydrogens is 214 g/mol. The van der Waals surface area contributed by atoms with Crippen LogP contribution < -0.4 is 11.1 Å². The number of nitrogen functional groups attached to an aromatic ring is 1. The van der Waals surface area contributed by atoms with E-state index in [0.717, 1.165) is 17.5 Å². The summed E-state index contributed by atoms with van der Waals surface area (Å²) in [6.07, 6.45) is 2.80. The maximum absolute atomic E-state index is 5.98. The SMILES string of the molecule is CCOC(CC)C(NC)c1c(C)ccnc1N. The zero-order valence-corrected chi connectivity index (χ0v) is 11.2. The van der Waals surface area contributed by atoms with Crippen LogP contribution in [0.4, 0.5) is 5.82 Å².